The number of carbonyl (C=O) groups is 2. The van der Waals surface area contributed by atoms with Gasteiger partial charge < -0.3 is 15.0 Å². The number of nitrogens with zero attached hydrogens (tertiary/aromatic N) is 2. The van der Waals surface area contributed by atoms with E-state index in [4.69, 9.17) is 0 Å². The third-order valence-corrected chi connectivity index (χ3v) is 4.60. The number of likely N-dealkylation sites (tertiary alicyclic amines) is 1. The van der Waals surface area contributed by atoms with Gasteiger partial charge in [-0.15, -0.1) is 0 Å². The summed E-state index contributed by atoms with van der Waals surface area (Å²) in [5.74, 6) is -1.65. The molecule has 1 aromatic carbocycles. The SMILES string of the molecule is C[C@@H]1[C@H](C(=O)O)CCCN1C(=O)Cn1c(=O)[nH]c2ccccc21. The fourth-order valence-corrected chi connectivity index (χ4v) is 3.32. The zero-order valence-corrected chi connectivity index (χ0v) is 12.9. The molecule has 1 amide bonds. The molecule has 1 fully saturated rings. The summed E-state index contributed by atoms with van der Waals surface area (Å²) >= 11 is 0. The molecule has 23 heavy (non-hydrogen) atoms. The van der Waals surface area contributed by atoms with Crippen molar-refractivity contribution in [3.63, 3.8) is 0 Å². The molecule has 7 nitrogen and oxygen atoms in total. The monoisotopic (exact) mass is 317 g/mol. The topological polar surface area (TPSA) is 95.4 Å². The number of aliphatic carboxylic acids is 1. The van der Waals surface area contributed by atoms with Crippen LogP contribution in [-0.4, -0.2) is 44.0 Å². The van der Waals surface area contributed by atoms with Crippen molar-refractivity contribution in [3.8, 4) is 0 Å². The second-order valence-corrected chi connectivity index (χ2v) is 5.95. The number of aromatic amines is 1. The Morgan fingerprint density at radius 2 is 2.09 bits per heavy atom. The van der Waals surface area contributed by atoms with Crippen molar-refractivity contribution in [2.45, 2.75) is 32.4 Å². The van der Waals surface area contributed by atoms with Gasteiger partial charge in [0.15, 0.2) is 0 Å². The van der Waals surface area contributed by atoms with Gasteiger partial charge in [-0.2, -0.15) is 0 Å². The molecular weight excluding hydrogens is 298 g/mol. The minimum Gasteiger partial charge on any atom is -0.481 e. The second kappa shape index (κ2) is 5.91. The maximum atomic E-state index is 12.6. The van der Waals surface area contributed by atoms with E-state index < -0.39 is 11.9 Å². The minimum absolute atomic E-state index is 0.0838. The number of carboxylic acids is 1. The zero-order valence-electron chi connectivity index (χ0n) is 12.9. The van der Waals surface area contributed by atoms with Gasteiger partial charge >= 0.3 is 11.7 Å². The number of benzene rings is 1. The van der Waals surface area contributed by atoms with E-state index in [0.29, 0.717) is 30.4 Å². The van der Waals surface area contributed by atoms with Crippen molar-refractivity contribution in [2.24, 2.45) is 5.92 Å². The summed E-state index contributed by atoms with van der Waals surface area (Å²) in [6.07, 6.45) is 1.24. The molecule has 1 aliphatic rings. The summed E-state index contributed by atoms with van der Waals surface area (Å²) in [7, 11) is 0. The summed E-state index contributed by atoms with van der Waals surface area (Å²) in [5.41, 5.74) is 1.02. The molecule has 1 aromatic heterocycles. The summed E-state index contributed by atoms with van der Waals surface area (Å²) in [4.78, 5) is 40.2. The number of para-hydroxylation sites is 2. The third-order valence-electron chi connectivity index (χ3n) is 4.60. The first-order valence-electron chi connectivity index (χ1n) is 7.69. The number of hydrogen-bond acceptors (Lipinski definition) is 3. The largest absolute Gasteiger partial charge is 0.481 e. The number of carboxylic acid groups (broad SMARTS) is 1. The number of rotatable bonds is 3. The molecule has 0 saturated carbocycles. The van der Waals surface area contributed by atoms with Crippen LogP contribution >= 0.6 is 0 Å². The molecule has 2 N–H and O–H groups in total. The number of H-pyrrole nitrogens is 1. The van der Waals surface area contributed by atoms with Crippen molar-refractivity contribution >= 4 is 22.9 Å². The average molecular weight is 317 g/mol. The average Bonchev–Trinajstić information content (AvgIpc) is 2.83. The number of piperidine rings is 1. The molecule has 1 aliphatic heterocycles. The van der Waals surface area contributed by atoms with Crippen LogP contribution in [0, 0.1) is 5.92 Å². The lowest BCUT2D eigenvalue weighted by Gasteiger charge is -2.37. The van der Waals surface area contributed by atoms with Gasteiger partial charge in [-0.1, -0.05) is 12.1 Å². The number of imidazole rings is 1. The Bertz CT molecular complexity index is 807. The lowest BCUT2D eigenvalue weighted by Crippen LogP contribution is -2.50. The highest BCUT2D eigenvalue weighted by atomic mass is 16.4. The predicted molar refractivity (Wildman–Crippen MR) is 84.1 cm³/mol. The summed E-state index contributed by atoms with van der Waals surface area (Å²) in [5, 5.41) is 9.25. The molecule has 122 valence electrons. The van der Waals surface area contributed by atoms with Crippen LogP contribution in [0.1, 0.15) is 19.8 Å². The maximum absolute atomic E-state index is 12.6. The predicted octanol–water partition coefficient (Wildman–Crippen LogP) is 1.04. The minimum atomic E-state index is -0.876. The van der Waals surface area contributed by atoms with Crippen LogP contribution in [-0.2, 0) is 16.1 Å². The molecule has 0 bridgehead atoms. The zero-order chi connectivity index (χ0) is 16.6. The van der Waals surface area contributed by atoms with Crippen LogP contribution in [0.2, 0.25) is 0 Å². The van der Waals surface area contributed by atoms with E-state index in [1.165, 1.54) is 4.57 Å². The van der Waals surface area contributed by atoms with Crippen LogP contribution in [0.15, 0.2) is 29.1 Å². The number of aromatic nitrogens is 2. The molecule has 2 heterocycles. The van der Waals surface area contributed by atoms with Crippen LogP contribution < -0.4 is 5.69 Å². The Morgan fingerprint density at radius 1 is 1.35 bits per heavy atom. The van der Waals surface area contributed by atoms with E-state index in [0.717, 1.165) is 0 Å². The number of hydrogen-bond donors (Lipinski definition) is 2. The quantitative estimate of drug-likeness (QED) is 0.884. The Kier molecular flexibility index (Phi) is 3.94. The molecule has 0 radical (unpaired) electrons. The van der Waals surface area contributed by atoms with Gasteiger partial charge in [0.05, 0.1) is 17.0 Å². The molecule has 3 rings (SSSR count). The lowest BCUT2D eigenvalue weighted by molar-refractivity contribution is -0.149. The van der Waals surface area contributed by atoms with Crippen LogP contribution in [0.5, 0.6) is 0 Å². The second-order valence-electron chi connectivity index (χ2n) is 5.95. The van der Waals surface area contributed by atoms with Gasteiger partial charge in [0, 0.05) is 12.6 Å². The first-order chi connectivity index (χ1) is 11.0. The van der Waals surface area contributed by atoms with Gasteiger partial charge in [-0.25, -0.2) is 4.79 Å². The lowest BCUT2D eigenvalue weighted by atomic mass is 9.90. The number of nitrogens with one attached hydrogen (secondary N) is 1. The van der Waals surface area contributed by atoms with Gasteiger partial charge in [0.1, 0.15) is 6.54 Å². The number of fused-ring (bicyclic) bond motifs is 1. The first-order valence-corrected chi connectivity index (χ1v) is 7.69. The normalized spacial score (nSPS) is 21.5. The van der Waals surface area contributed by atoms with Crippen LogP contribution in [0.3, 0.4) is 0 Å². The first kappa shape index (κ1) is 15.3. The Balaban J connectivity index is 1.84. The van der Waals surface area contributed by atoms with Crippen LogP contribution in [0.25, 0.3) is 11.0 Å². The Labute approximate surface area is 132 Å². The fourth-order valence-electron chi connectivity index (χ4n) is 3.32. The Morgan fingerprint density at radius 3 is 2.83 bits per heavy atom. The number of amides is 1. The molecule has 2 aromatic rings. The van der Waals surface area contributed by atoms with E-state index in [9.17, 15) is 19.5 Å². The van der Waals surface area contributed by atoms with Crippen LogP contribution in [0.4, 0.5) is 0 Å². The summed E-state index contributed by atoms with van der Waals surface area (Å²) in [6, 6.07) is 6.81. The van der Waals surface area contributed by atoms with Gasteiger partial charge in [0.25, 0.3) is 0 Å². The molecule has 1 saturated heterocycles. The van der Waals surface area contributed by atoms with Gasteiger partial charge in [-0.05, 0) is 31.9 Å². The highest BCUT2D eigenvalue weighted by Gasteiger charge is 2.35. The summed E-state index contributed by atoms with van der Waals surface area (Å²) in [6.45, 7) is 2.20. The van der Waals surface area contributed by atoms with Crippen molar-refractivity contribution < 1.29 is 14.7 Å². The standard InChI is InChI=1S/C16H19N3O4/c1-10-11(15(21)22)5-4-8-18(10)14(20)9-19-13-7-3-2-6-12(13)17-16(19)23/h2-3,6-7,10-11H,4-5,8-9H2,1H3,(H,17,23)(H,21,22)/t10-,11-/m1/s1. The van der Waals surface area contributed by atoms with Crippen molar-refractivity contribution in [1.29, 1.82) is 0 Å². The van der Waals surface area contributed by atoms with E-state index in [2.05, 4.69) is 4.98 Å². The molecular formula is C16H19N3O4. The van der Waals surface area contributed by atoms with E-state index in [1.807, 2.05) is 6.07 Å². The van der Waals surface area contributed by atoms with Gasteiger partial charge in [-0.3, -0.25) is 14.2 Å². The summed E-state index contributed by atoms with van der Waals surface area (Å²) < 4.78 is 1.40. The van der Waals surface area contributed by atoms with Crippen molar-refractivity contribution in [2.75, 3.05) is 6.54 Å². The van der Waals surface area contributed by atoms with E-state index in [1.54, 1.807) is 30.0 Å². The van der Waals surface area contributed by atoms with E-state index in [-0.39, 0.29) is 24.2 Å². The molecule has 2 atom stereocenters. The van der Waals surface area contributed by atoms with Crippen molar-refractivity contribution in [3.05, 3.63) is 34.7 Å². The molecule has 0 aliphatic carbocycles. The molecule has 0 spiro atoms. The van der Waals surface area contributed by atoms with E-state index >= 15 is 0 Å². The molecule has 0 unspecified atom stereocenters. The molecule has 7 heteroatoms. The number of carbonyl (C=O) groups excluding carboxylic acids is 1. The Hall–Kier alpha value is -2.57. The van der Waals surface area contributed by atoms with Gasteiger partial charge in [0.2, 0.25) is 5.91 Å². The highest BCUT2D eigenvalue weighted by molar-refractivity contribution is 5.81. The third kappa shape index (κ3) is 2.74. The van der Waals surface area contributed by atoms with Crippen molar-refractivity contribution in [1.82, 2.24) is 14.5 Å². The maximum Gasteiger partial charge on any atom is 0.326 e. The smallest absolute Gasteiger partial charge is 0.326 e. The fraction of sp³-hybridized carbons (Fsp3) is 0.438. The highest BCUT2D eigenvalue weighted by Crippen LogP contribution is 2.24.